The molecular formula is C17H13N3O3. The Morgan fingerprint density at radius 2 is 1.70 bits per heavy atom. The molecule has 2 aromatic carbocycles. The fourth-order valence-electron chi connectivity index (χ4n) is 2.61. The summed E-state index contributed by atoms with van der Waals surface area (Å²) in [6.07, 6.45) is 0. The van der Waals surface area contributed by atoms with Gasteiger partial charge in [0.2, 0.25) is 0 Å². The minimum absolute atomic E-state index is 0.0996. The average Bonchev–Trinajstić information content (AvgIpc) is 2.96. The minimum Gasteiger partial charge on any atom is -0.478 e. The standard InChI is InChI=1S/C17H13N3O3/c18-11-12-5-7-13(8-6-12)19-9-10-20(17(19)23)15-4-2-1-3-14(15)16(21)22/h1-8H,9-10H2,(H,21,22). The molecule has 114 valence electrons. The zero-order valence-corrected chi connectivity index (χ0v) is 12.1. The number of rotatable bonds is 3. The molecule has 1 aliphatic rings. The molecule has 23 heavy (non-hydrogen) atoms. The van der Waals surface area contributed by atoms with Crippen LogP contribution in [0.25, 0.3) is 0 Å². The molecule has 0 aliphatic carbocycles. The number of nitrogens with zero attached hydrogens (tertiary/aromatic N) is 3. The van der Waals surface area contributed by atoms with Crippen molar-refractivity contribution >= 4 is 23.4 Å². The predicted molar refractivity (Wildman–Crippen MR) is 84.6 cm³/mol. The molecule has 1 aliphatic heterocycles. The van der Waals surface area contributed by atoms with Crippen molar-refractivity contribution in [3.8, 4) is 6.07 Å². The number of hydrogen-bond donors (Lipinski definition) is 1. The lowest BCUT2D eigenvalue weighted by atomic mass is 10.1. The molecule has 6 heteroatoms. The van der Waals surface area contributed by atoms with E-state index in [-0.39, 0.29) is 11.6 Å². The van der Waals surface area contributed by atoms with Gasteiger partial charge in [0.15, 0.2) is 0 Å². The van der Waals surface area contributed by atoms with Crippen molar-refractivity contribution in [1.82, 2.24) is 0 Å². The second-order valence-corrected chi connectivity index (χ2v) is 5.07. The van der Waals surface area contributed by atoms with Crippen LogP contribution in [0.4, 0.5) is 16.2 Å². The molecule has 2 aromatic rings. The van der Waals surface area contributed by atoms with Crippen LogP contribution in [0.5, 0.6) is 0 Å². The zero-order chi connectivity index (χ0) is 16.4. The fraction of sp³-hybridized carbons (Fsp3) is 0.118. The summed E-state index contributed by atoms with van der Waals surface area (Å²) in [7, 11) is 0. The number of urea groups is 1. The average molecular weight is 307 g/mol. The summed E-state index contributed by atoms with van der Waals surface area (Å²) in [6, 6.07) is 14.9. The Morgan fingerprint density at radius 1 is 1.04 bits per heavy atom. The largest absolute Gasteiger partial charge is 0.478 e. The summed E-state index contributed by atoms with van der Waals surface area (Å²) in [5, 5.41) is 18.1. The summed E-state index contributed by atoms with van der Waals surface area (Å²) in [6.45, 7) is 0.863. The smallest absolute Gasteiger partial charge is 0.337 e. The SMILES string of the molecule is N#Cc1ccc(N2CCN(c3ccccc3C(=O)O)C2=O)cc1. The fourth-order valence-corrected chi connectivity index (χ4v) is 2.61. The van der Waals surface area contributed by atoms with Gasteiger partial charge in [0.25, 0.3) is 0 Å². The van der Waals surface area contributed by atoms with Crippen molar-refractivity contribution in [3.63, 3.8) is 0 Å². The lowest BCUT2D eigenvalue weighted by Gasteiger charge is -2.20. The first-order valence-corrected chi connectivity index (χ1v) is 7.03. The van der Waals surface area contributed by atoms with Gasteiger partial charge in [-0.3, -0.25) is 9.80 Å². The number of anilines is 2. The van der Waals surface area contributed by atoms with Crippen molar-refractivity contribution in [2.24, 2.45) is 0 Å². The second kappa shape index (κ2) is 5.81. The van der Waals surface area contributed by atoms with Gasteiger partial charge in [-0.25, -0.2) is 9.59 Å². The normalized spacial score (nSPS) is 14.0. The van der Waals surface area contributed by atoms with Crippen molar-refractivity contribution < 1.29 is 14.7 Å². The Hall–Kier alpha value is -3.33. The lowest BCUT2D eigenvalue weighted by Crippen LogP contribution is -2.32. The number of carboxylic acids is 1. The molecule has 1 heterocycles. The van der Waals surface area contributed by atoms with E-state index in [2.05, 4.69) is 0 Å². The molecule has 2 amide bonds. The van der Waals surface area contributed by atoms with Gasteiger partial charge >= 0.3 is 12.0 Å². The third-order valence-corrected chi connectivity index (χ3v) is 3.74. The van der Waals surface area contributed by atoms with Crippen molar-refractivity contribution in [1.29, 1.82) is 5.26 Å². The lowest BCUT2D eigenvalue weighted by molar-refractivity contribution is 0.0697. The summed E-state index contributed by atoms with van der Waals surface area (Å²) in [5.41, 5.74) is 1.70. The number of benzene rings is 2. The van der Waals surface area contributed by atoms with Gasteiger partial charge in [-0.2, -0.15) is 5.26 Å². The van der Waals surface area contributed by atoms with Crippen molar-refractivity contribution in [2.75, 3.05) is 22.9 Å². The highest BCUT2D eigenvalue weighted by molar-refractivity contribution is 6.09. The highest BCUT2D eigenvalue weighted by atomic mass is 16.4. The molecule has 1 N–H and O–H groups in total. The van der Waals surface area contributed by atoms with Crippen molar-refractivity contribution in [3.05, 3.63) is 59.7 Å². The van der Waals surface area contributed by atoms with Gasteiger partial charge in [-0.15, -0.1) is 0 Å². The zero-order valence-electron chi connectivity index (χ0n) is 12.1. The first-order valence-electron chi connectivity index (χ1n) is 7.03. The number of carbonyl (C=O) groups excluding carboxylic acids is 1. The van der Waals surface area contributed by atoms with Gasteiger partial charge in [0.1, 0.15) is 0 Å². The molecule has 6 nitrogen and oxygen atoms in total. The number of amides is 2. The Bertz CT molecular complexity index is 809. The van der Waals surface area contributed by atoms with Crippen LogP contribution in [0.15, 0.2) is 48.5 Å². The van der Waals surface area contributed by atoms with Gasteiger partial charge in [0, 0.05) is 18.8 Å². The molecule has 0 aromatic heterocycles. The second-order valence-electron chi connectivity index (χ2n) is 5.07. The molecule has 0 saturated carbocycles. The Kier molecular flexibility index (Phi) is 3.69. The van der Waals surface area contributed by atoms with Gasteiger partial charge < -0.3 is 5.11 Å². The van der Waals surface area contributed by atoms with E-state index in [9.17, 15) is 14.7 Å². The third-order valence-electron chi connectivity index (χ3n) is 3.74. The van der Waals surface area contributed by atoms with E-state index in [4.69, 9.17) is 5.26 Å². The van der Waals surface area contributed by atoms with Crippen molar-refractivity contribution in [2.45, 2.75) is 0 Å². The maximum absolute atomic E-state index is 12.6. The Balaban J connectivity index is 1.90. The van der Waals surface area contributed by atoms with Crippen LogP contribution in [0.3, 0.4) is 0 Å². The van der Waals surface area contributed by atoms with Crippen LogP contribution < -0.4 is 9.80 Å². The maximum atomic E-state index is 12.6. The molecule has 1 saturated heterocycles. The summed E-state index contributed by atoms with van der Waals surface area (Å²) < 4.78 is 0. The number of nitriles is 1. The molecular weight excluding hydrogens is 294 g/mol. The Labute approximate surface area is 132 Å². The minimum atomic E-state index is -1.06. The molecule has 0 spiro atoms. The third kappa shape index (κ3) is 2.60. The Morgan fingerprint density at radius 3 is 2.35 bits per heavy atom. The summed E-state index contributed by atoms with van der Waals surface area (Å²) in [5.74, 6) is -1.06. The van der Waals surface area contributed by atoms with Crippen LogP contribution in [0, 0.1) is 11.3 Å². The van der Waals surface area contributed by atoms with Crippen LogP contribution in [0.2, 0.25) is 0 Å². The van der Waals surface area contributed by atoms with E-state index < -0.39 is 5.97 Å². The van der Waals surface area contributed by atoms with Gasteiger partial charge in [-0.1, -0.05) is 12.1 Å². The molecule has 1 fully saturated rings. The van der Waals surface area contributed by atoms with Crippen LogP contribution in [-0.2, 0) is 0 Å². The van der Waals surface area contributed by atoms with Crippen LogP contribution in [0.1, 0.15) is 15.9 Å². The van der Waals surface area contributed by atoms with E-state index in [1.165, 1.54) is 11.0 Å². The molecule has 0 atom stereocenters. The molecule has 0 radical (unpaired) electrons. The topological polar surface area (TPSA) is 84.6 Å². The summed E-state index contributed by atoms with van der Waals surface area (Å²) >= 11 is 0. The number of hydrogen-bond acceptors (Lipinski definition) is 3. The molecule has 3 rings (SSSR count). The van der Waals surface area contributed by atoms with Crippen LogP contribution >= 0.6 is 0 Å². The van der Waals surface area contributed by atoms with E-state index >= 15 is 0 Å². The highest BCUT2D eigenvalue weighted by Crippen LogP contribution is 2.27. The number of aromatic carboxylic acids is 1. The highest BCUT2D eigenvalue weighted by Gasteiger charge is 2.32. The van der Waals surface area contributed by atoms with E-state index in [1.807, 2.05) is 6.07 Å². The predicted octanol–water partition coefficient (Wildman–Crippen LogP) is 2.70. The van der Waals surface area contributed by atoms with Crippen LogP contribution in [-0.4, -0.2) is 30.2 Å². The van der Waals surface area contributed by atoms with Gasteiger partial charge in [-0.05, 0) is 36.4 Å². The summed E-state index contributed by atoms with van der Waals surface area (Å²) in [4.78, 5) is 27.0. The van der Waals surface area contributed by atoms with E-state index in [1.54, 1.807) is 47.4 Å². The molecule has 0 unspecified atom stereocenters. The number of carbonyl (C=O) groups is 2. The first-order chi connectivity index (χ1) is 11.1. The van der Waals surface area contributed by atoms with E-state index in [0.29, 0.717) is 30.0 Å². The first kappa shape index (κ1) is 14.6. The molecule has 0 bridgehead atoms. The quantitative estimate of drug-likeness (QED) is 0.944. The number of carboxylic acid groups (broad SMARTS) is 1. The van der Waals surface area contributed by atoms with E-state index in [0.717, 1.165) is 0 Å². The number of para-hydroxylation sites is 1. The maximum Gasteiger partial charge on any atom is 0.337 e. The monoisotopic (exact) mass is 307 g/mol. The van der Waals surface area contributed by atoms with Gasteiger partial charge in [0.05, 0.1) is 22.9 Å².